The normalized spacial score (nSPS) is 28.4. The van der Waals surface area contributed by atoms with Crippen LogP contribution >= 0.6 is 0 Å². The minimum Gasteiger partial charge on any atom is -0.387 e. The molecule has 2 aliphatic rings. The summed E-state index contributed by atoms with van der Waals surface area (Å²) in [6.45, 7) is 3.81. The first-order valence-electron chi connectivity index (χ1n) is 11.5. The molecule has 2 aromatic carbocycles. The van der Waals surface area contributed by atoms with Gasteiger partial charge in [0.1, 0.15) is 30.0 Å². The van der Waals surface area contributed by atoms with E-state index in [1.807, 2.05) is 60.7 Å². The first-order chi connectivity index (χ1) is 16.3. The fraction of sp³-hybridized carbons (Fsp3) is 0.538. The summed E-state index contributed by atoms with van der Waals surface area (Å²) in [7, 11) is 1.52. The maximum absolute atomic E-state index is 11.8. The van der Waals surface area contributed by atoms with E-state index in [0.29, 0.717) is 6.61 Å². The largest absolute Gasteiger partial charge is 0.387 e. The van der Waals surface area contributed by atoms with Crippen LogP contribution in [-0.4, -0.2) is 72.6 Å². The Labute approximate surface area is 200 Å². The highest BCUT2D eigenvalue weighted by Crippen LogP contribution is 2.42. The van der Waals surface area contributed by atoms with Crippen LogP contribution in [0.4, 0.5) is 0 Å². The van der Waals surface area contributed by atoms with Crippen molar-refractivity contribution >= 4 is 0 Å². The molecule has 2 aliphatic heterocycles. The molecule has 0 saturated carbocycles. The molecule has 4 rings (SSSR count). The van der Waals surface area contributed by atoms with Crippen molar-refractivity contribution in [3.8, 4) is 0 Å². The van der Waals surface area contributed by atoms with Gasteiger partial charge in [0.05, 0.1) is 26.4 Å². The molecule has 2 aromatic rings. The van der Waals surface area contributed by atoms with Gasteiger partial charge in [0.2, 0.25) is 0 Å². The number of fused-ring (bicyclic) bond motifs is 1. The van der Waals surface area contributed by atoms with Gasteiger partial charge in [0.15, 0.2) is 12.1 Å². The fourth-order valence-corrected chi connectivity index (χ4v) is 4.42. The summed E-state index contributed by atoms with van der Waals surface area (Å²) in [5, 5.41) is 22.9. The lowest BCUT2D eigenvalue weighted by molar-refractivity contribution is -0.267. The minimum absolute atomic E-state index is 0.126. The third kappa shape index (κ3) is 5.67. The van der Waals surface area contributed by atoms with E-state index in [4.69, 9.17) is 28.4 Å². The molecule has 8 heteroatoms. The Morgan fingerprint density at radius 3 is 2.12 bits per heavy atom. The van der Waals surface area contributed by atoms with Crippen molar-refractivity contribution in [1.82, 2.24) is 0 Å². The second-order valence-electron chi connectivity index (χ2n) is 9.21. The molecule has 2 saturated heterocycles. The molecule has 6 atom stereocenters. The van der Waals surface area contributed by atoms with Crippen LogP contribution in [0.25, 0.3) is 0 Å². The topological polar surface area (TPSA) is 95.8 Å². The van der Waals surface area contributed by atoms with Crippen molar-refractivity contribution in [2.75, 3.05) is 20.3 Å². The van der Waals surface area contributed by atoms with Gasteiger partial charge in [-0.15, -0.1) is 0 Å². The first kappa shape index (κ1) is 25.2. The van der Waals surface area contributed by atoms with Gasteiger partial charge in [0.25, 0.3) is 0 Å². The Kier molecular flexibility index (Phi) is 8.01. The second-order valence-corrected chi connectivity index (χ2v) is 9.21. The molecule has 0 bridgehead atoms. The maximum Gasteiger partial charge on any atom is 0.190 e. The van der Waals surface area contributed by atoms with Crippen LogP contribution in [-0.2, 0) is 41.6 Å². The second kappa shape index (κ2) is 10.8. The third-order valence-corrected chi connectivity index (χ3v) is 6.17. The molecular weight excluding hydrogens is 440 g/mol. The molecule has 0 aromatic heterocycles. The van der Waals surface area contributed by atoms with E-state index < -0.39 is 42.1 Å². The monoisotopic (exact) mass is 474 g/mol. The smallest absolute Gasteiger partial charge is 0.190 e. The van der Waals surface area contributed by atoms with Gasteiger partial charge >= 0.3 is 0 Å². The van der Waals surface area contributed by atoms with Crippen LogP contribution in [0.2, 0.25) is 0 Å². The Morgan fingerprint density at radius 2 is 1.53 bits per heavy atom. The molecule has 8 nitrogen and oxygen atoms in total. The van der Waals surface area contributed by atoms with Crippen LogP contribution in [0.1, 0.15) is 25.0 Å². The summed E-state index contributed by atoms with van der Waals surface area (Å²) in [5.74, 6) is -0.837. The summed E-state index contributed by atoms with van der Waals surface area (Å²) in [4.78, 5) is 0. The summed E-state index contributed by atoms with van der Waals surface area (Å²) >= 11 is 0. The van der Waals surface area contributed by atoms with Crippen LogP contribution in [0.5, 0.6) is 0 Å². The molecule has 2 N–H and O–H groups in total. The third-order valence-electron chi connectivity index (χ3n) is 6.17. The van der Waals surface area contributed by atoms with E-state index >= 15 is 0 Å². The van der Waals surface area contributed by atoms with Gasteiger partial charge in [-0.1, -0.05) is 60.7 Å². The molecule has 0 radical (unpaired) electrons. The SMILES string of the molecule is CO[C@H]1C([C@](O)(COCc2ccccc2)[C@@H](O)COCc2ccccc2)O[C@@H]2OC(C)(C)O[C@@H]21. The Hall–Kier alpha value is -1.88. The van der Waals surface area contributed by atoms with Crippen LogP contribution in [0, 0.1) is 0 Å². The van der Waals surface area contributed by atoms with E-state index in [1.54, 1.807) is 13.8 Å². The number of ether oxygens (including phenoxy) is 6. The summed E-state index contributed by atoms with van der Waals surface area (Å²) in [6, 6.07) is 19.2. The van der Waals surface area contributed by atoms with Gasteiger partial charge in [0, 0.05) is 7.11 Å². The Bertz CT molecular complexity index is 892. The molecule has 2 heterocycles. The van der Waals surface area contributed by atoms with E-state index in [1.165, 1.54) is 7.11 Å². The lowest BCUT2D eigenvalue weighted by Gasteiger charge is -2.40. The number of rotatable bonds is 11. The van der Waals surface area contributed by atoms with Crippen molar-refractivity contribution < 1.29 is 38.6 Å². The summed E-state index contributed by atoms with van der Waals surface area (Å²) in [5.41, 5.74) is 0.0671. The molecule has 0 amide bonds. The van der Waals surface area contributed by atoms with Crippen LogP contribution in [0.3, 0.4) is 0 Å². The van der Waals surface area contributed by atoms with Gasteiger partial charge in [-0.3, -0.25) is 0 Å². The van der Waals surface area contributed by atoms with Gasteiger partial charge in [-0.2, -0.15) is 0 Å². The van der Waals surface area contributed by atoms with Crippen molar-refractivity contribution in [1.29, 1.82) is 0 Å². The molecule has 1 unspecified atom stereocenters. The molecule has 2 fully saturated rings. The Balaban J connectivity index is 1.47. The van der Waals surface area contributed by atoms with Gasteiger partial charge in [-0.25, -0.2) is 0 Å². The lowest BCUT2D eigenvalue weighted by Crippen LogP contribution is -2.61. The molecule has 0 aliphatic carbocycles. The van der Waals surface area contributed by atoms with Crippen molar-refractivity contribution in [2.45, 2.75) is 69.2 Å². The van der Waals surface area contributed by atoms with Crippen molar-refractivity contribution in [3.63, 3.8) is 0 Å². The van der Waals surface area contributed by atoms with Gasteiger partial charge in [-0.05, 0) is 25.0 Å². The number of benzene rings is 2. The number of hydrogen-bond donors (Lipinski definition) is 2. The van der Waals surface area contributed by atoms with E-state index in [2.05, 4.69) is 0 Å². The van der Waals surface area contributed by atoms with E-state index in [9.17, 15) is 10.2 Å². The number of aliphatic hydroxyl groups is 2. The van der Waals surface area contributed by atoms with Crippen molar-refractivity contribution in [2.24, 2.45) is 0 Å². The lowest BCUT2D eigenvalue weighted by atomic mass is 9.87. The zero-order valence-electron chi connectivity index (χ0n) is 19.8. The van der Waals surface area contributed by atoms with Crippen molar-refractivity contribution in [3.05, 3.63) is 71.8 Å². The van der Waals surface area contributed by atoms with E-state index in [-0.39, 0.29) is 19.8 Å². The average Bonchev–Trinajstić information content (AvgIpc) is 3.31. The molecule has 186 valence electrons. The summed E-state index contributed by atoms with van der Waals surface area (Å²) < 4.78 is 35.1. The quantitative estimate of drug-likeness (QED) is 0.513. The average molecular weight is 475 g/mol. The zero-order valence-corrected chi connectivity index (χ0v) is 19.8. The minimum atomic E-state index is -1.84. The highest BCUT2D eigenvalue weighted by Gasteiger charge is 2.62. The molecule has 0 spiro atoms. The number of methoxy groups -OCH3 is 1. The standard InChI is InChI=1S/C26H34O8/c1-25(2)33-22-21(29-3)23(32-24(22)34-25)26(28,17-31-15-19-12-8-5-9-13-19)20(27)16-30-14-18-10-6-4-7-11-18/h4-13,20-24,27-28H,14-17H2,1-3H3/t20-,21+,22+,23?,24+,26-/m0/s1. The highest BCUT2D eigenvalue weighted by molar-refractivity contribution is 5.14. The number of hydrogen-bond acceptors (Lipinski definition) is 8. The Morgan fingerprint density at radius 1 is 0.941 bits per heavy atom. The first-order valence-corrected chi connectivity index (χ1v) is 11.5. The fourth-order valence-electron chi connectivity index (χ4n) is 4.42. The van der Waals surface area contributed by atoms with E-state index in [0.717, 1.165) is 11.1 Å². The predicted octanol–water partition coefficient (Wildman–Crippen LogP) is 2.40. The molecular formula is C26H34O8. The predicted molar refractivity (Wildman–Crippen MR) is 123 cm³/mol. The zero-order chi connectivity index (χ0) is 24.2. The van der Waals surface area contributed by atoms with Crippen LogP contribution < -0.4 is 0 Å². The van der Waals surface area contributed by atoms with Gasteiger partial charge < -0.3 is 38.6 Å². The molecule has 34 heavy (non-hydrogen) atoms. The number of aliphatic hydroxyl groups excluding tert-OH is 1. The highest BCUT2D eigenvalue weighted by atomic mass is 16.8. The van der Waals surface area contributed by atoms with Crippen LogP contribution in [0.15, 0.2) is 60.7 Å². The maximum atomic E-state index is 11.8. The summed E-state index contributed by atoms with van der Waals surface area (Å²) in [6.07, 6.45) is -4.25.